The molecular weight excluding hydrogens is 615 g/mol. The normalized spacial score (nSPS) is 13.0. The van der Waals surface area contributed by atoms with Gasteiger partial charge in [0.25, 0.3) is 0 Å². The van der Waals surface area contributed by atoms with Crippen LogP contribution in [0.3, 0.4) is 0 Å². The lowest BCUT2D eigenvalue weighted by Crippen LogP contribution is -2.29. The van der Waals surface area contributed by atoms with Crippen molar-refractivity contribution >= 4 is 19.8 Å². The first kappa shape index (κ1) is 45.0. The Morgan fingerprint density at radius 2 is 1.02 bits per heavy atom. The van der Waals surface area contributed by atoms with Gasteiger partial charge in [-0.05, 0) is 51.4 Å². The van der Waals surface area contributed by atoms with Crippen molar-refractivity contribution in [3.05, 3.63) is 48.6 Å². The van der Waals surface area contributed by atoms with Gasteiger partial charge in [0.2, 0.25) is 0 Å². The molecule has 0 heterocycles. The molecule has 0 aromatic rings. The van der Waals surface area contributed by atoms with Gasteiger partial charge >= 0.3 is 19.8 Å². The molecule has 0 aromatic carbocycles. The SMILES string of the molecule is CC/C=C\C/C=C\C/C=C\C/C=C\CCCCC(=O)OC[C@H](COP(=O)(O)O)OC(=O)CCCCCCCCCCCCCCCC. The third kappa shape index (κ3) is 36.7. The molecule has 1 atom stereocenters. The molecule has 8 nitrogen and oxygen atoms in total. The van der Waals surface area contributed by atoms with Crippen molar-refractivity contribution in [2.75, 3.05) is 13.2 Å². The van der Waals surface area contributed by atoms with Crippen LogP contribution in [0.15, 0.2) is 48.6 Å². The van der Waals surface area contributed by atoms with Crippen LogP contribution < -0.4 is 0 Å². The van der Waals surface area contributed by atoms with Crippen LogP contribution in [0.2, 0.25) is 0 Å². The van der Waals surface area contributed by atoms with E-state index < -0.39 is 32.5 Å². The van der Waals surface area contributed by atoms with Crippen LogP contribution >= 0.6 is 7.82 Å². The molecule has 47 heavy (non-hydrogen) atoms. The average Bonchev–Trinajstić information content (AvgIpc) is 3.03. The number of esters is 2. The van der Waals surface area contributed by atoms with Gasteiger partial charge in [0, 0.05) is 12.8 Å². The minimum atomic E-state index is -4.76. The van der Waals surface area contributed by atoms with E-state index in [2.05, 4.69) is 67.0 Å². The Labute approximate surface area is 286 Å². The second kappa shape index (κ2) is 33.9. The number of rotatable bonds is 33. The first-order valence-corrected chi connectivity index (χ1v) is 20.0. The number of phosphoric ester groups is 1. The molecule has 0 radical (unpaired) electrons. The standard InChI is InChI=1S/C38H67O8P/c1-3-5-7-9-11-13-15-17-19-21-22-24-26-28-30-32-37(39)44-34-36(35-45-47(41,42)43)46-38(40)33-31-29-27-25-23-20-18-16-14-12-10-8-6-4-2/h5,7,11,13,17,19,22,24,36H,3-4,6,8-10,12,14-16,18,20-21,23,25-35H2,1-2H3,(H2,41,42,43)/b7-5-,13-11-,19-17-,24-22-/t36-/m1/s1. The summed E-state index contributed by atoms with van der Waals surface area (Å²) in [7, 11) is -4.76. The summed E-state index contributed by atoms with van der Waals surface area (Å²) in [6, 6.07) is 0. The molecule has 0 unspecified atom stereocenters. The van der Waals surface area contributed by atoms with Crippen LogP contribution in [0.4, 0.5) is 0 Å². The number of phosphoric acid groups is 1. The van der Waals surface area contributed by atoms with Gasteiger partial charge in [0.05, 0.1) is 6.61 Å². The van der Waals surface area contributed by atoms with E-state index in [0.717, 1.165) is 57.8 Å². The zero-order valence-electron chi connectivity index (χ0n) is 29.7. The van der Waals surface area contributed by atoms with Crippen molar-refractivity contribution in [3.8, 4) is 0 Å². The van der Waals surface area contributed by atoms with Gasteiger partial charge in [-0.25, -0.2) is 4.57 Å². The molecule has 0 saturated heterocycles. The number of unbranched alkanes of at least 4 members (excludes halogenated alkanes) is 15. The molecule has 0 rings (SSSR count). The topological polar surface area (TPSA) is 119 Å². The van der Waals surface area contributed by atoms with Crippen molar-refractivity contribution in [3.63, 3.8) is 0 Å². The highest BCUT2D eigenvalue weighted by atomic mass is 31.2. The van der Waals surface area contributed by atoms with Gasteiger partial charge < -0.3 is 19.3 Å². The van der Waals surface area contributed by atoms with Gasteiger partial charge in [-0.3, -0.25) is 14.1 Å². The second-order valence-electron chi connectivity index (χ2n) is 12.2. The average molecular weight is 683 g/mol. The number of hydrogen-bond donors (Lipinski definition) is 2. The van der Waals surface area contributed by atoms with E-state index in [9.17, 15) is 14.2 Å². The highest BCUT2D eigenvalue weighted by Gasteiger charge is 2.22. The van der Waals surface area contributed by atoms with Crippen molar-refractivity contribution in [2.45, 2.75) is 168 Å². The van der Waals surface area contributed by atoms with Gasteiger partial charge in [-0.15, -0.1) is 0 Å². The highest BCUT2D eigenvalue weighted by Crippen LogP contribution is 2.36. The molecule has 9 heteroatoms. The first-order valence-electron chi connectivity index (χ1n) is 18.4. The summed E-state index contributed by atoms with van der Waals surface area (Å²) in [4.78, 5) is 42.6. The summed E-state index contributed by atoms with van der Waals surface area (Å²) in [6.07, 6.45) is 39.8. The molecule has 0 saturated carbocycles. The molecular formula is C38H67O8P. The van der Waals surface area contributed by atoms with E-state index in [-0.39, 0.29) is 19.4 Å². The van der Waals surface area contributed by atoms with Crippen LogP contribution in [0.1, 0.15) is 162 Å². The van der Waals surface area contributed by atoms with Crippen LogP contribution in [-0.4, -0.2) is 41.0 Å². The lowest BCUT2D eigenvalue weighted by molar-refractivity contribution is -0.161. The maximum atomic E-state index is 12.3. The fourth-order valence-electron chi connectivity index (χ4n) is 4.89. The monoisotopic (exact) mass is 682 g/mol. The summed E-state index contributed by atoms with van der Waals surface area (Å²) < 4.78 is 26.2. The van der Waals surface area contributed by atoms with Crippen LogP contribution in [0, 0.1) is 0 Å². The first-order chi connectivity index (χ1) is 22.8. The largest absolute Gasteiger partial charge is 0.469 e. The summed E-state index contributed by atoms with van der Waals surface area (Å²) in [5, 5.41) is 0. The predicted molar refractivity (Wildman–Crippen MR) is 193 cm³/mol. The highest BCUT2D eigenvalue weighted by molar-refractivity contribution is 7.46. The zero-order valence-corrected chi connectivity index (χ0v) is 30.6. The van der Waals surface area contributed by atoms with Crippen molar-refractivity contribution in [1.82, 2.24) is 0 Å². The Hall–Kier alpha value is -1.99. The van der Waals surface area contributed by atoms with Crippen molar-refractivity contribution in [2.24, 2.45) is 0 Å². The molecule has 0 fully saturated rings. The van der Waals surface area contributed by atoms with Crippen molar-refractivity contribution < 1.29 is 37.9 Å². The van der Waals surface area contributed by atoms with E-state index in [1.54, 1.807) is 0 Å². The fourth-order valence-corrected chi connectivity index (χ4v) is 5.25. The van der Waals surface area contributed by atoms with E-state index in [1.807, 2.05) is 0 Å². The summed E-state index contributed by atoms with van der Waals surface area (Å²) in [5.41, 5.74) is 0. The second-order valence-corrected chi connectivity index (χ2v) is 13.4. The van der Waals surface area contributed by atoms with E-state index >= 15 is 0 Å². The molecule has 0 aromatic heterocycles. The van der Waals surface area contributed by atoms with Crippen molar-refractivity contribution in [1.29, 1.82) is 0 Å². The van der Waals surface area contributed by atoms with Gasteiger partial charge in [-0.1, -0.05) is 146 Å². The Morgan fingerprint density at radius 3 is 1.53 bits per heavy atom. The predicted octanol–water partition coefficient (Wildman–Crippen LogP) is 10.8. The minimum Gasteiger partial charge on any atom is -0.462 e. The van der Waals surface area contributed by atoms with Crippen LogP contribution in [-0.2, 0) is 28.2 Å². The number of carbonyl (C=O) groups excluding carboxylic acids is 2. The third-order valence-electron chi connectivity index (χ3n) is 7.61. The van der Waals surface area contributed by atoms with Crippen LogP contribution in [0.5, 0.6) is 0 Å². The fraction of sp³-hybridized carbons (Fsp3) is 0.737. The lowest BCUT2D eigenvalue weighted by Gasteiger charge is -2.18. The summed E-state index contributed by atoms with van der Waals surface area (Å²) >= 11 is 0. The molecule has 272 valence electrons. The maximum Gasteiger partial charge on any atom is 0.469 e. The number of carbonyl (C=O) groups is 2. The van der Waals surface area contributed by atoms with Gasteiger partial charge in [0.1, 0.15) is 6.61 Å². The summed E-state index contributed by atoms with van der Waals surface area (Å²) in [6.45, 7) is 3.52. The molecule has 2 N–H and O–H groups in total. The lowest BCUT2D eigenvalue weighted by atomic mass is 10.0. The Kier molecular flexibility index (Phi) is 32.5. The van der Waals surface area contributed by atoms with Crippen LogP contribution in [0.25, 0.3) is 0 Å². The molecule has 0 spiro atoms. The van der Waals surface area contributed by atoms with Gasteiger partial charge in [0.15, 0.2) is 6.10 Å². The zero-order chi connectivity index (χ0) is 34.7. The molecule has 0 amide bonds. The van der Waals surface area contributed by atoms with E-state index in [1.165, 1.54) is 64.2 Å². The van der Waals surface area contributed by atoms with E-state index in [0.29, 0.717) is 12.8 Å². The maximum absolute atomic E-state index is 12.3. The Balaban J connectivity index is 4.05. The molecule has 0 aliphatic rings. The summed E-state index contributed by atoms with van der Waals surface area (Å²) in [5.74, 6) is -0.934. The Morgan fingerprint density at radius 1 is 0.574 bits per heavy atom. The smallest absolute Gasteiger partial charge is 0.462 e. The van der Waals surface area contributed by atoms with Gasteiger partial charge in [-0.2, -0.15) is 0 Å². The Bertz CT molecular complexity index is 905. The third-order valence-corrected chi connectivity index (χ3v) is 8.10. The number of allylic oxidation sites excluding steroid dienone is 8. The number of ether oxygens (including phenoxy) is 2. The minimum absolute atomic E-state index is 0.204. The number of hydrogen-bond acceptors (Lipinski definition) is 6. The molecule has 0 bridgehead atoms. The quantitative estimate of drug-likeness (QED) is 0.0304. The van der Waals surface area contributed by atoms with E-state index in [4.69, 9.17) is 19.3 Å². The molecule has 0 aliphatic heterocycles. The molecule has 0 aliphatic carbocycles.